The minimum Gasteiger partial charge on any atom is -0.139 e. The van der Waals surface area contributed by atoms with Gasteiger partial charge >= 0.3 is 0 Å². The summed E-state index contributed by atoms with van der Waals surface area (Å²) in [6.07, 6.45) is 0. The third-order valence-corrected chi connectivity index (χ3v) is 15.4. The highest BCUT2D eigenvalue weighted by Gasteiger charge is 2.22. The lowest BCUT2D eigenvalue weighted by molar-refractivity contribution is 1.59. The molecular weight excluding hydrogens is 537 g/mol. The molecule has 0 spiro atoms. The summed E-state index contributed by atoms with van der Waals surface area (Å²) in [5.74, 6) is 0. The van der Waals surface area contributed by atoms with Gasteiger partial charge in [0.1, 0.15) is 0 Å². The first-order chi connectivity index (χ1) is 16.0. The highest BCUT2D eigenvalue weighted by molar-refractivity contribution is 7.41. The number of hydrogen-bond acceptors (Lipinski definition) is 7. The van der Waals surface area contributed by atoms with Gasteiger partial charge in [-0.3, -0.25) is 0 Å². The van der Waals surface area contributed by atoms with Crippen LogP contribution in [0.4, 0.5) is 0 Å². The molecule has 0 radical (unpaired) electrons. The van der Waals surface area contributed by atoms with Crippen LogP contribution in [0.3, 0.4) is 0 Å². The Labute approximate surface area is 218 Å². The van der Waals surface area contributed by atoms with Crippen molar-refractivity contribution in [3.8, 4) is 9.75 Å². The van der Waals surface area contributed by atoms with Crippen molar-refractivity contribution in [2.24, 2.45) is 0 Å². The van der Waals surface area contributed by atoms with E-state index in [1.807, 2.05) is 79.4 Å². The molecule has 162 valence electrons. The van der Waals surface area contributed by atoms with Gasteiger partial charge in [0.25, 0.3) is 0 Å². The second-order valence-electron chi connectivity index (χ2n) is 8.67. The zero-order valence-electron chi connectivity index (χ0n) is 18.2. The van der Waals surface area contributed by atoms with E-state index in [1.165, 1.54) is 88.4 Å². The second-order valence-corrected chi connectivity index (χ2v) is 16.5. The molecule has 0 unspecified atom stereocenters. The summed E-state index contributed by atoms with van der Waals surface area (Å²) in [6.45, 7) is 9.13. The van der Waals surface area contributed by atoms with E-state index in [1.54, 1.807) is 0 Å². The number of hydrogen-bond donors (Lipinski definition) is 0. The summed E-state index contributed by atoms with van der Waals surface area (Å²) in [4.78, 5) is 5.68. The van der Waals surface area contributed by atoms with E-state index < -0.39 is 0 Å². The molecule has 0 atom stereocenters. The van der Waals surface area contributed by atoms with E-state index in [-0.39, 0.29) is 0 Å². The van der Waals surface area contributed by atoms with Gasteiger partial charge in [0.15, 0.2) is 0 Å². The lowest BCUT2D eigenvalue weighted by atomic mass is 10.0. The standard InChI is InChI=1S/C26H16S7/c1-9-5-15-23(27-9)19-11(3)22-20(12(4)21(19)32-15)24-17(33-22)7-13(30-24)14-8-18-26(31-14)25-16(29-18)6-10(2)28-25/h5-8H,1-4H3. The van der Waals surface area contributed by atoms with Crippen LogP contribution < -0.4 is 0 Å². The Morgan fingerprint density at radius 1 is 0.394 bits per heavy atom. The number of benzene rings is 1. The van der Waals surface area contributed by atoms with Crippen molar-refractivity contribution in [1.29, 1.82) is 0 Å². The van der Waals surface area contributed by atoms with Gasteiger partial charge in [-0.05, 0) is 63.1 Å². The van der Waals surface area contributed by atoms with Crippen LogP contribution in [0.15, 0.2) is 24.3 Å². The summed E-state index contributed by atoms with van der Waals surface area (Å²) < 4.78 is 14.7. The van der Waals surface area contributed by atoms with Gasteiger partial charge in [-0.2, -0.15) is 0 Å². The molecule has 8 rings (SSSR count). The molecule has 0 fully saturated rings. The Morgan fingerprint density at radius 2 is 0.818 bits per heavy atom. The smallest absolute Gasteiger partial charge is 0.0636 e. The van der Waals surface area contributed by atoms with Crippen molar-refractivity contribution in [2.45, 2.75) is 27.7 Å². The number of aryl methyl sites for hydroxylation is 4. The van der Waals surface area contributed by atoms with Crippen LogP contribution in [0.2, 0.25) is 0 Å². The molecule has 0 bridgehead atoms. The molecule has 0 saturated heterocycles. The minimum absolute atomic E-state index is 1.41. The molecule has 0 N–H and O–H groups in total. The maximum absolute atomic E-state index is 2.45. The molecule has 0 aliphatic heterocycles. The Kier molecular flexibility index (Phi) is 4.03. The number of rotatable bonds is 1. The maximum Gasteiger partial charge on any atom is 0.0636 e. The normalized spacial score (nSPS) is 12.8. The van der Waals surface area contributed by atoms with Gasteiger partial charge in [-0.1, -0.05) is 0 Å². The Balaban J connectivity index is 1.38. The molecule has 0 aliphatic rings. The monoisotopic (exact) mass is 552 g/mol. The molecular formula is C26H16S7. The topological polar surface area (TPSA) is 0 Å². The largest absolute Gasteiger partial charge is 0.139 e. The average molecular weight is 553 g/mol. The summed E-state index contributed by atoms with van der Waals surface area (Å²) in [7, 11) is 0. The highest BCUT2D eigenvalue weighted by atomic mass is 32.1. The third kappa shape index (κ3) is 2.59. The van der Waals surface area contributed by atoms with Crippen LogP contribution in [-0.4, -0.2) is 0 Å². The maximum atomic E-state index is 2.45. The molecule has 33 heavy (non-hydrogen) atoms. The van der Waals surface area contributed by atoms with Crippen LogP contribution in [-0.2, 0) is 0 Å². The fourth-order valence-corrected chi connectivity index (χ4v) is 14.5. The van der Waals surface area contributed by atoms with Crippen molar-refractivity contribution < 1.29 is 0 Å². The van der Waals surface area contributed by atoms with Crippen LogP contribution in [0, 0.1) is 27.7 Å². The molecule has 1 aromatic carbocycles. The predicted octanol–water partition coefficient (Wildman–Crippen LogP) is 11.9. The Morgan fingerprint density at radius 3 is 1.45 bits per heavy atom. The van der Waals surface area contributed by atoms with E-state index in [0.29, 0.717) is 0 Å². The Hall–Kier alpha value is -1.32. The van der Waals surface area contributed by atoms with Gasteiger partial charge in [-0.25, -0.2) is 0 Å². The quantitative estimate of drug-likeness (QED) is 0.190. The summed E-state index contributed by atoms with van der Waals surface area (Å²) >= 11 is 13.8. The first-order valence-electron chi connectivity index (χ1n) is 10.7. The van der Waals surface area contributed by atoms with Crippen LogP contribution in [0.1, 0.15) is 20.9 Å². The third-order valence-electron chi connectivity index (χ3n) is 6.47. The van der Waals surface area contributed by atoms with E-state index in [9.17, 15) is 0 Å². The zero-order valence-corrected chi connectivity index (χ0v) is 23.9. The fraction of sp³-hybridized carbons (Fsp3) is 0.154. The highest BCUT2D eigenvalue weighted by Crippen LogP contribution is 2.53. The first-order valence-corrected chi connectivity index (χ1v) is 16.4. The molecule has 0 nitrogen and oxygen atoms in total. The van der Waals surface area contributed by atoms with E-state index in [0.717, 1.165) is 0 Å². The molecule has 7 aromatic heterocycles. The van der Waals surface area contributed by atoms with Crippen LogP contribution >= 0.6 is 79.4 Å². The molecule has 0 saturated carbocycles. The summed E-state index contributed by atoms with van der Waals surface area (Å²) in [6, 6.07) is 9.59. The molecule has 0 amide bonds. The van der Waals surface area contributed by atoms with E-state index >= 15 is 0 Å². The number of thiophene rings is 7. The fourth-order valence-electron chi connectivity index (χ4n) is 5.02. The lowest BCUT2D eigenvalue weighted by Gasteiger charge is -2.05. The van der Waals surface area contributed by atoms with Gasteiger partial charge in [0, 0.05) is 58.5 Å². The number of fused-ring (bicyclic) bond motifs is 9. The molecule has 7 heterocycles. The van der Waals surface area contributed by atoms with Crippen molar-refractivity contribution >= 4 is 137 Å². The van der Waals surface area contributed by atoms with E-state index in [4.69, 9.17) is 0 Å². The SMILES string of the molecule is Cc1cc2sc3cc(-c4cc5sc6c(C)c7c(sc8cc(C)sc87)c(C)c6c5s4)sc3c2s1. The predicted molar refractivity (Wildman–Crippen MR) is 161 cm³/mol. The average Bonchev–Trinajstić information content (AvgIpc) is 3.54. The van der Waals surface area contributed by atoms with Crippen molar-refractivity contribution in [2.75, 3.05) is 0 Å². The molecule has 8 aromatic rings. The van der Waals surface area contributed by atoms with Gasteiger partial charge < -0.3 is 0 Å². The van der Waals surface area contributed by atoms with Gasteiger partial charge in [0.2, 0.25) is 0 Å². The summed E-state index contributed by atoms with van der Waals surface area (Å²) in [5.41, 5.74) is 2.94. The molecule has 0 aliphatic carbocycles. The first kappa shape index (κ1) is 19.9. The van der Waals surface area contributed by atoms with Crippen LogP contribution in [0.5, 0.6) is 0 Å². The molecule has 7 heteroatoms. The Bertz CT molecular complexity index is 2070. The van der Waals surface area contributed by atoms with Gasteiger partial charge in [0.05, 0.1) is 18.8 Å². The minimum atomic E-state index is 1.41. The van der Waals surface area contributed by atoms with E-state index in [2.05, 4.69) is 52.0 Å². The van der Waals surface area contributed by atoms with Gasteiger partial charge in [-0.15, -0.1) is 79.4 Å². The zero-order chi connectivity index (χ0) is 22.2. The second kappa shape index (κ2) is 6.66. The summed E-state index contributed by atoms with van der Waals surface area (Å²) in [5, 5.41) is 3.00. The lowest BCUT2D eigenvalue weighted by Crippen LogP contribution is -1.80. The van der Waals surface area contributed by atoms with Crippen LogP contribution in [0.25, 0.3) is 67.5 Å². The van der Waals surface area contributed by atoms with Crippen molar-refractivity contribution in [1.82, 2.24) is 0 Å². The van der Waals surface area contributed by atoms with Crippen molar-refractivity contribution in [3.63, 3.8) is 0 Å². The van der Waals surface area contributed by atoms with Crippen molar-refractivity contribution in [3.05, 3.63) is 45.1 Å².